The zero-order chi connectivity index (χ0) is 13.1. The predicted octanol–water partition coefficient (Wildman–Crippen LogP) is 3.05. The van der Waals surface area contributed by atoms with Crippen molar-refractivity contribution in [3.63, 3.8) is 0 Å². The highest BCUT2D eigenvalue weighted by Crippen LogP contribution is 2.30. The van der Waals surface area contributed by atoms with Crippen LogP contribution >= 0.6 is 0 Å². The van der Waals surface area contributed by atoms with E-state index >= 15 is 0 Å². The van der Waals surface area contributed by atoms with Crippen LogP contribution in [0.4, 0.5) is 14.5 Å². The molecule has 0 bridgehead atoms. The second-order valence-corrected chi connectivity index (χ2v) is 4.95. The lowest BCUT2D eigenvalue weighted by Gasteiger charge is -2.33. The standard InChI is InChI=1S/C14H20F2N2/c1-2-10-3-5-18(6-4-10)14-12(15)7-11(9-17)8-13(14)16/h7-8,10H,2-6,9,17H2,1H3. The van der Waals surface area contributed by atoms with Crippen LogP contribution in [0, 0.1) is 17.6 Å². The van der Waals surface area contributed by atoms with E-state index in [1.165, 1.54) is 12.1 Å². The van der Waals surface area contributed by atoms with Gasteiger partial charge in [0.05, 0.1) is 0 Å². The van der Waals surface area contributed by atoms with Gasteiger partial charge in [0, 0.05) is 19.6 Å². The Kier molecular flexibility index (Phi) is 4.17. The Morgan fingerprint density at radius 2 is 1.78 bits per heavy atom. The van der Waals surface area contributed by atoms with E-state index in [1.807, 2.05) is 4.90 Å². The maximum absolute atomic E-state index is 13.9. The van der Waals surface area contributed by atoms with Crippen LogP contribution in [0.2, 0.25) is 0 Å². The highest BCUT2D eigenvalue weighted by atomic mass is 19.1. The zero-order valence-corrected chi connectivity index (χ0v) is 10.8. The van der Waals surface area contributed by atoms with E-state index in [0.717, 1.165) is 32.4 Å². The summed E-state index contributed by atoms with van der Waals surface area (Å²) in [5, 5.41) is 0. The molecule has 1 heterocycles. The summed E-state index contributed by atoms with van der Waals surface area (Å²) in [6.07, 6.45) is 3.16. The first kappa shape index (κ1) is 13.3. The Morgan fingerprint density at radius 3 is 2.22 bits per heavy atom. The molecule has 1 saturated heterocycles. The van der Waals surface area contributed by atoms with Gasteiger partial charge in [0.2, 0.25) is 0 Å². The Balaban J connectivity index is 2.19. The Labute approximate surface area is 107 Å². The molecule has 2 nitrogen and oxygen atoms in total. The molecule has 2 N–H and O–H groups in total. The molecule has 0 radical (unpaired) electrons. The molecule has 1 aromatic rings. The summed E-state index contributed by atoms with van der Waals surface area (Å²) in [7, 11) is 0. The third-order valence-corrected chi connectivity index (χ3v) is 3.82. The fourth-order valence-electron chi connectivity index (χ4n) is 2.60. The normalized spacial score (nSPS) is 17.2. The number of hydrogen-bond acceptors (Lipinski definition) is 2. The molecule has 0 aromatic heterocycles. The molecule has 0 amide bonds. The maximum atomic E-state index is 13.9. The fourth-order valence-corrected chi connectivity index (χ4v) is 2.60. The molecule has 1 aromatic carbocycles. The van der Waals surface area contributed by atoms with E-state index in [-0.39, 0.29) is 12.2 Å². The summed E-state index contributed by atoms with van der Waals surface area (Å²) >= 11 is 0. The Hall–Kier alpha value is -1.16. The van der Waals surface area contributed by atoms with Crippen LogP contribution in [-0.4, -0.2) is 13.1 Å². The first-order valence-electron chi connectivity index (χ1n) is 6.58. The third kappa shape index (κ3) is 2.64. The highest BCUT2D eigenvalue weighted by Gasteiger charge is 2.23. The number of rotatable bonds is 3. The quantitative estimate of drug-likeness (QED) is 0.898. The second kappa shape index (κ2) is 5.65. The number of benzene rings is 1. The van der Waals surface area contributed by atoms with Crippen LogP contribution in [0.25, 0.3) is 0 Å². The minimum Gasteiger partial charge on any atom is -0.367 e. The van der Waals surface area contributed by atoms with Gasteiger partial charge in [-0.2, -0.15) is 0 Å². The Bertz CT molecular complexity index is 389. The number of anilines is 1. The zero-order valence-electron chi connectivity index (χ0n) is 10.8. The van der Waals surface area contributed by atoms with Gasteiger partial charge in [-0.15, -0.1) is 0 Å². The summed E-state index contributed by atoms with van der Waals surface area (Å²) in [5.41, 5.74) is 6.02. The molecule has 4 heteroatoms. The van der Waals surface area contributed by atoms with Crippen LogP contribution < -0.4 is 10.6 Å². The van der Waals surface area contributed by atoms with Gasteiger partial charge in [-0.3, -0.25) is 0 Å². The highest BCUT2D eigenvalue weighted by molar-refractivity contribution is 5.51. The summed E-state index contributed by atoms with van der Waals surface area (Å²) in [6.45, 7) is 3.78. The van der Waals surface area contributed by atoms with Crippen LogP contribution in [0.15, 0.2) is 12.1 Å². The molecular formula is C14H20F2N2. The molecule has 1 aliphatic rings. The number of nitrogens with zero attached hydrogens (tertiary/aromatic N) is 1. The fraction of sp³-hybridized carbons (Fsp3) is 0.571. The lowest BCUT2D eigenvalue weighted by molar-refractivity contribution is 0.389. The molecule has 100 valence electrons. The average Bonchev–Trinajstić information content (AvgIpc) is 2.38. The number of hydrogen-bond donors (Lipinski definition) is 1. The average molecular weight is 254 g/mol. The van der Waals surface area contributed by atoms with Gasteiger partial charge in [0.1, 0.15) is 17.3 Å². The largest absolute Gasteiger partial charge is 0.367 e. The smallest absolute Gasteiger partial charge is 0.149 e. The van der Waals surface area contributed by atoms with E-state index in [4.69, 9.17) is 5.73 Å². The van der Waals surface area contributed by atoms with E-state index in [2.05, 4.69) is 6.92 Å². The van der Waals surface area contributed by atoms with E-state index < -0.39 is 11.6 Å². The molecule has 1 aliphatic heterocycles. The van der Waals surface area contributed by atoms with Crippen molar-refractivity contribution in [2.75, 3.05) is 18.0 Å². The monoisotopic (exact) mass is 254 g/mol. The maximum Gasteiger partial charge on any atom is 0.149 e. The van der Waals surface area contributed by atoms with Gasteiger partial charge >= 0.3 is 0 Å². The van der Waals surface area contributed by atoms with Crippen molar-refractivity contribution in [2.45, 2.75) is 32.7 Å². The molecule has 2 rings (SSSR count). The number of nitrogens with two attached hydrogens (primary N) is 1. The number of piperidine rings is 1. The molecule has 0 spiro atoms. The van der Waals surface area contributed by atoms with Crippen molar-refractivity contribution in [3.8, 4) is 0 Å². The molecule has 0 saturated carbocycles. The van der Waals surface area contributed by atoms with Gasteiger partial charge in [-0.1, -0.05) is 13.3 Å². The molecule has 0 atom stereocenters. The SMILES string of the molecule is CCC1CCN(c2c(F)cc(CN)cc2F)CC1. The van der Waals surface area contributed by atoms with E-state index in [0.29, 0.717) is 11.5 Å². The topological polar surface area (TPSA) is 29.3 Å². The minimum absolute atomic E-state index is 0.113. The minimum atomic E-state index is -0.495. The summed E-state index contributed by atoms with van der Waals surface area (Å²) in [6, 6.07) is 2.68. The van der Waals surface area contributed by atoms with E-state index in [9.17, 15) is 8.78 Å². The van der Waals surface area contributed by atoms with Crippen LogP contribution in [0.3, 0.4) is 0 Å². The van der Waals surface area contributed by atoms with Gasteiger partial charge in [0.25, 0.3) is 0 Å². The van der Waals surface area contributed by atoms with Crippen molar-refractivity contribution < 1.29 is 8.78 Å². The van der Waals surface area contributed by atoms with Crippen LogP contribution in [0.1, 0.15) is 31.7 Å². The van der Waals surface area contributed by atoms with Crippen molar-refractivity contribution in [3.05, 3.63) is 29.3 Å². The number of halogens is 2. The first-order chi connectivity index (χ1) is 8.65. The van der Waals surface area contributed by atoms with E-state index in [1.54, 1.807) is 0 Å². The predicted molar refractivity (Wildman–Crippen MR) is 69.5 cm³/mol. The molecule has 0 aliphatic carbocycles. The van der Waals surface area contributed by atoms with Crippen molar-refractivity contribution in [1.29, 1.82) is 0 Å². The van der Waals surface area contributed by atoms with Crippen molar-refractivity contribution in [2.24, 2.45) is 11.7 Å². The van der Waals surface area contributed by atoms with Gasteiger partial charge in [0.15, 0.2) is 0 Å². The lowest BCUT2D eigenvalue weighted by atomic mass is 9.94. The first-order valence-corrected chi connectivity index (χ1v) is 6.58. The van der Waals surface area contributed by atoms with Gasteiger partial charge in [-0.05, 0) is 36.5 Å². The van der Waals surface area contributed by atoms with Crippen LogP contribution in [0.5, 0.6) is 0 Å². The van der Waals surface area contributed by atoms with Crippen LogP contribution in [-0.2, 0) is 6.54 Å². The molecule has 0 unspecified atom stereocenters. The molecule has 1 fully saturated rings. The summed E-state index contributed by atoms with van der Waals surface area (Å²) < 4.78 is 27.8. The summed E-state index contributed by atoms with van der Waals surface area (Å²) in [5.74, 6) is -0.300. The molecule has 18 heavy (non-hydrogen) atoms. The third-order valence-electron chi connectivity index (χ3n) is 3.82. The van der Waals surface area contributed by atoms with Gasteiger partial charge < -0.3 is 10.6 Å². The second-order valence-electron chi connectivity index (χ2n) is 4.95. The van der Waals surface area contributed by atoms with Crippen molar-refractivity contribution >= 4 is 5.69 Å². The molecular weight excluding hydrogens is 234 g/mol. The summed E-state index contributed by atoms with van der Waals surface area (Å²) in [4.78, 5) is 1.82. The Morgan fingerprint density at radius 1 is 1.22 bits per heavy atom. The van der Waals surface area contributed by atoms with Gasteiger partial charge in [-0.25, -0.2) is 8.78 Å². The van der Waals surface area contributed by atoms with Crippen molar-refractivity contribution in [1.82, 2.24) is 0 Å². The lowest BCUT2D eigenvalue weighted by Crippen LogP contribution is -2.34.